The third kappa shape index (κ3) is 6.00. The second-order valence-corrected chi connectivity index (χ2v) is 10.4. The van der Waals surface area contributed by atoms with Crippen molar-refractivity contribution in [3.8, 4) is 28.5 Å². The van der Waals surface area contributed by atoms with E-state index < -0.39 is 40.4 Å². The van der Waals surface area contributed by atoms with E-state index in [0.29, 0.717) is 40.2 Å². The zero-order valence-electron chi connectivity index (χ0n) is 23.0. The molecular weight excluding hydrogens is 556 g/mol. The van der Waals surface area contributed by atoms with Gasteiger partial charge in [-0.25, -0.2) is 0 Å². The molecule has 42 heavy (non-hydrogen) atoms. The Hall–Kier alpha value is -4.65. The SMILES string of the molecule is Cc1ccccc1-c1cc(-c2ccc(C#N)cc2)ncc1N(C)C(=O)C(C)(C)c1cc(C(F)(F)F)cc(C(F)(F)F)c1. The molecule has 10 heteroatoms. The van der Waals surface area contributed by atoms with E-state index in [1.54, 1.807) is 36.4 Å². The number of carbonyl (C=O) groups excluding carboxylic acids is 1. The average Bonchev–Trinajstić information content (AvgIpc) is 2.95. The molecule has 0 bridgehead atoms. The zero-order valence-corrected chi connectivity index (χ0v) is 23.0. The second-order valence-electron chi connectivity index (χ2n) is 10.4. The summed E-state index contributed by atoms with van der Waals surface area (Å²) < 4.78 is 81.4. The highest BCUT2D eigenvalue weighted by Gasteiger charge is 2.41. The highest BCUT2D eigenvalue weighted by molar-refractivity contribution is 6.03. The van der Waals surface area contributed by atoms with Gasteiger partial charge >= 0.3 is 12.4 Å². The van der Waals surface area contributed by atoms with Gasteiger partial charge < -0.3 is 4.90 Å². The Labute approximate surface area is 238 Å². The lowest BCUT2D eigenvalue weighted by molar-refractivity contribution is -0.143. The van der Waals surface area contributed by atoms with Gasteiger partial charge in [0.05, 0.1) is 45.8 Å². The van der Waals surface area contributed by atoms with Gasteiger partial charge in [0.25, 0.3) is 0 Å². The number of benzene rings is 3. The van der Waals surface area contributed by atoms with Crippen molar-refractivity contribution in [1.29, 1.82) is 5.26 Å². The third-order valence-corrected chi connectivity index (χ3v) is 7.14. The number of rotatable bonds is 5. The quantitative estimate of drug-likeness (QED) is 0.222. The Balaban J connectivity index is 1.84. The van der Waals surface area contributed by atoms with Crippen LogP contribution in [-0.2, 0) is 22.6 Å². The summed E-state index contributed by atoms with van der Waals surface area (Å²) in [7, 11) is 1.41. The topological polar surface area (TPSA) is 57.0 Å². The van der Waals surface area contributed by atoms with Crippen molar-refractivity contribution >= 4 is 11.6 Å². The van der Waals surface area contributed by atoms with Crippen LogP contribution >= 0.6 is 0 Å². The molecule has 0 aliphatic rings. The van der Waals surface area contributed by atoms with Gasteiger partial charge in [-0.1, -0.05) is 36.4 Å². The Kier molecular flexibility index (Phi) is 7.92. The van der Waals surface area contributed by atoms with Crippen molar-refractivity contribution in [2.75, 3.05) is 11.9 Å². The fraction of sp³-hybridized carbons (Fsp3) is 0.219. The van der Waals surface area contributed by atoms with Crippen LogP contribution in [0.2, 0.25) is 0 Å². The standard InChI is InChI=1S/C32H25F6N3O/c1-19-7-5-6-8-25(19)26-16-27(21-11-9-20(17-39)10-12-21)40-18-28(26)41(4)29(42)30(2,3)22-13-23(31(33,34)35)15-24(14-22)32(36,37)38/h5-16,18H,1-4H3. The summed E-state index contributed by atoms with van der Waals surface area (Å²) in [4.78, 5) is 19.6. The Morgan fingerprint density at radius 1 is 0.810 bits per heavy atom. The lowest BCUT2D eigenvalue weighted by Gasteiger charge is -2.32. The molecule has 1 amide bonds. The van der Waals surface area contributed by atoms with Crippen molar-refractivity contribution in [2.24, 2.45) is 0 Å². The van der Waals surface area contributed by atoms with Gasteiger partial charge in [0, 0.05) is 18.2 Å². The molecule has 4 rings (SSSR count). The number of hydrogen-bond acceptors (Lipinski definition) is 3. The molecule has 0 unspecified atom stereocenters. The highest BCUT2D eigenvalue weighted by Crippen LogP contribution is 2.41. The van der Waals surface area contributed by atoms with Crippen LogP contribution in [0.5, 0.6) is 0 Å². The molecule has 0 atom stereocenters. The molecule has 1 aromatic heterocycles. The normalized spacial score (nSPS) is 12.1. The van der Waals surface area contributed by atoms with Crippen LogP contribution in [0, 0.1) is 18.3 Å². The number of aromatic nitrogens is 1. The second kappa shape index (κ2) is 11.0. The number of halogens is 6. The number of pyridine rings is 1. The smallest absolute Gasteiger partial charge is 0.313 e. The summed E-state index contributed by atoms with van der Waals surface area (Å²) in [6.45, 7) is 4.44. The molecule has 0 fully saturated rings. The number of carbonyl (C=O) groups is 1. The summed E-state index contributed by atoms with van der Waals surface area (Å²) >= 11 is 0. The monoisotopic (exact) mass is 581 g/mol. The largest absolute Gasteiger partial charge is 0.416 e. The first-order valence-corrected chi connectivity index (χ1v) is 12.7. The van der Waals surface area contributed by atoms with Gasteiger partial charge in [-0.2, -0.15) is 31.6 Å². The van der Waals surface area contributed by atoms with E-state index in [-0.39, 0.29) is 6.07 Å². The number of amides is 1. The fourth-order valence-electron chi connectivity index (χ4n) is 4.65. The third-order valence-electron chi connectivity index (χ3n) is 7.14. The molecule has 0 aliphatic carbocycles. The predicted octanol–water partition coefficient (Wildman–Crippen LogP) is 8.57. The van der Waals surface area contributed by atoms with Crippen molar-refractivity contribution in [3.63, 3.8) is 0 Å². The lowest BCUT2D eigenvalue weighted by Crippen LogP contribution is -2.42. The predicted molar refractivity (Wildman–Crippen MR) is 147 cm³/mol. The van der Waals surface area contributed by atoms with E-state index in [9.17, 15) is 31.1 Å². The molecule has 0 saturated carbocycles. The summed E-state index contributed by atoms with van der Waals surface area (Å²) in [5.41, 5.74) is -1.00. The van der Waals surface area contributed by atoms with Crippen LogP contribution < -0.4 is 4.90 Å². The van der Waals surface area contributed by atoms with Crippen LogP contribution in [0.1, 0.15) is 41.7 Å². The zero-order chi connectivity index (χ0) is 31.0. The number of alkyl halides is 6. The molecule has 0 N–H and O–H groups in total. The van der Waals surface area contributed by atoms with Crippen LogP contribution in [0.15, 0.2) is 79.0 Å². The van der Waals surface area contributed by atoms with Crippen molar-refractivity contribution in [1.82, 2.24) is 4.98 Å². The first-order valence-electron chi connectivity index (χ1n) is 12.7. The van der Waals surface area contributed by atoms with Gasteiger partial charge in [0.2, 0.25) is 5.91 Å². The van der Waals surface area contributed by atoms with Gasteiger partial charge in [-0.15, -0.1) is 0 Å². The fourth-order valence-corrected chi connectivity index (χ4v) is 4.65. The van der Waals surface area contributed by atoms with Crippen LogP contribution in [0.4, 0.5) is 32.0 Å². The number of nitriles is 1. The summed E-state index contributed by atoms with van der Waals surface area (Å²) in [6, 6.07) is 19.1. The maximum Gasteiger partial charge on any atom is 0.416 e. The molecule has 216 valence electrons. The molecule has 0 aliphatic heterocycles. The molecule has 3 aromatic carbocycles. The van der Waals surface area contributed by atoms with E-state index in [1.807, 2.05) is 31.2 Å². The van der Waals surface area contributed by atoms with Crippen molar-refractivity contribution in [3.05, 3.63) is 107 Å². The van der Waals surface area contributed by atoms with E-state index in [0.717, 1.165) is 11.1 Å². The van der Waals surface area contributed by atoms with Gasteiger partial charge in [-0.05, 0) is 73.9 Å². The first-order chi connectivity index (χ1) is 19.5. The number of aryl methyl sites for hydroxylation is 1. The number of likely N-dealkylation sites (N-methyl/N-ethyl adjacent to an activating group) is 1. The molecule has 4 nitrogen and oxygen atoms in total. The van der Waals surface area contributed by atoms with Gasteiger partial charge in [0.15, 0.2) is 0 Å². The van der Waals surface area contributed by atoms with E-state index in [2.05, 4.69) is 4.98 Å². The van der Waals surface area contributed by atoms with E-state index in [1.165, 1.54) is 32.0 Å². The summed E-state index contributed by atoms with van der Waals surface area (Å²) in [5.74, 6) is -0.738. The molecule has 4 aromatic rings. The summed E-state index contributed by atoms with van der Waals surface area (Å²) in [6.07, 6.45) is -8.66. The molecule has 0 spiro atoms. The Morgan fingerprint density at radius 3 is 1.88 bits per heavy atom. The minimum Gasteiger partial charge on any atom is -0.313 e. The van der Waals surface area contributed by atoms with Crippen LogP contribution in [0.25, 0.3) is 22.4 Å². The minimum atomic E-state index is -5.05. The highest BCUT2D eigenvalue weighted by atomic mass is 19.4. The Morgan fingerprint density at radius 2 is 1.36 bits per heavy atom. The van der Waals surface area contributed by atoms with Crippen molar-refractivity contribution < 1.29 is 31.1 Å². The lowest BCUT2D eigenvalue weighted by atomic mass is 9.81. The molecular formula is C32H25F6N3O. The average molecular weight is 582 g/mol. The van der Waals surface area contributed by atoms with E-state index in [4.69, 9.17) is 5.26 Å². The number of hydrogen-bond donors (Lipinski definition) is 0. The summed E-state index contributed by atoms with van der Waals surface area (Å²) in [5, 5.41) is 9.12. The van der Waals surface area contributed by atoms with Crippen LogP contribution in [-0.4, -0.2) is 17.9 Å². The van der Waals surface area contributed by atoms with Gasteiger partial charge in [-0.3, -0.25) is 9.78 Å². The van der Waals surface area contributed by atoms with Gasteiger partial charge in [0.1, 0.15) is 0 Å². The van der Waals surface area contributed by atoms with Crippen molar-refractivity contribution in [2.45, 2.75) is 38.5 Å². The molecule has 0 radical (unpaired) electrons. The number of anilines is 1. The molecule has 1 heterocycles. The first kappa shape index (κ1) is 30.3. The minimum absolute atomic E-state index is 0.0376. The maximum absolute atomic E-state index is 13.9. The van der Waals surface area contributed by atoms with E-state index >= 15 is 0 Å². The Bertz CT molecular complexity index is 1650. The molecule has 0 saturated heterocycles. The van der Waals surface area contributed by atoms with Crippen LogP contribution in [0.3, 0.4) is 0 Å². The maximum atomic E-state index is 13.9. The number of nitrogens with zero attached hydrogens (tertiary/aromatic N) is 3.